The molecule has 0 bridgehead atoms. The van der Waals surface area contributed by atoms with Gasteiger partial charge in [0.2, 0.25) is 0 Å². The third-order valence-electron chi connectivity index (χ3n) is 2.21. The van der Waals surface area contributed by atoms with E-state index in [9.17, 15) is 0 Å². The second kappa shape index (κ2) is 3.05. The number of aliphatic hydroxyl groups is 1. The number of hydrogen-bond donors (Lipinski definition) is 1. The van der Waals surface area contributed by atoms with E-state index in [1.807, 2.05) is 36.0 Å². The van der Waals surface area contributed by atoms with Crippen molar-refractivity contribution < 1.29 is 5.11 Å². The average Bonchev–Trinajstić information content (AvgIpc) is 2.43. The predicted molar refractivity (Wildman–Crippen MR) is 53.9 cm³/mol. The number of halogens is 1. The molecule has 0 unspecified atom stereocenters. The van der Waals surface area contributed by atoms with Crippen molar-refractivity contribution in [2.45, 2.75) is 6.61 Å². The van der Waals surface area contributed by atoms with Crippen molar-refractivity contribution >= 4 is 22.5 Å². The monoisotopic (exact) mass is 195 g/mol. The fourth-order valence-electron chi connectivity index (χ4n) is 1.63. The molecule has 0 radical (unpaired) electrons. The normalized spacial score (nSPS) is 11.0. The second-order valence-corrected chi connectivity index (χ2v) is 3.47. The van der Waals surface area contributed by atoms with Crippen LogP contribution < -0.4 is 0 Å². The molecule has 0 spiro atoms. The predicted octanol–water partition coefficient (Wildman–Crippen LogP) is 2.32. The lowest BCUT2D eigenvalue weighted by molar-refractivity contribution is 0.283. The summed E-state index contributed by atoms with van der Waals surface area (Å²) in [4.78, 5) is 0. The van der Waals surface area contributed by atoms with Gasteiger partial charge in [-0.1, -0.05) is 29.8 Å². The molecule has 1 N–H and O–H groups in total. The summed E-state index contributed by atoms with van der Waals surface area (Å²) in [5, 5.41) is 10.8. The standard InChI is InChI=1S/C10H10ClNO/c1-12-5-9(11)8-4-2-3-7(6-13)10(8)12/h2-5,13H,6H2,1H3. The van der Waals surface area contributed by atoms with Crippen molar-refractivity contribution in [2.75, 3.05) is 0 Å². The van der Waals surface area contributed by atoms with Gasteiger partial charge >= 0.3 is 0 Å². The molecule has 0 aliphatic carbocycles. The van der Waals surface area contributed by atoms with Crippen LogP contribution in [-0.4, -0.2) is 9.67 Å². The van der Waals surface area contributed by atoms with Crippen molar-refractivity contribution in [3.8, 4) is 0 Å². The van der Waals surface area contributed by atoms with Gasteiger partial charge in [-0.05, 0) is 0 Å². The van der Waals surface area contributed by atoms with Gasteiger partial charge in [0, 0.05) is 24.2 Å². The van der Waals surface area contributed by atoms with Crippen LogP contribution >= 0.6 is 11.6 Å². The maximum atomic E-state index is 9.11. The van der Waals surface area contributed by atoms with Crippen LogP contribution in [0.5, 0.6) is 0 Å². The van der Waals surface area contributed by atoms with Crippen LogP contribution in [0.25, 0.3) is 10.9 Å². The van der Waals surface area contributed by atoms with Gasteiger partial charge in [0.1, 0.15) is 0 Å². The number of nitrogens with zero attached hydrogens (tertiary/aromatic N) is 1. The summed E-state index contributed by atoms with van der Waals surface area (Å²) in [5.74, 6) is 0. The van der Waals surface area contributed by atoms with Crippen molar-refractivity contribution in [1.82, 2.24) is 4.57 Å². The van der Waals surface area contributed by atoms with Gasteiger partial charge in [0.05, 0.1) is 17.1 Å². The molecule has 0 aliphatic heterocycles. The van der Waals surface area contributed by atoms with Crippen LogP contribution in [0.3, 0.4) is 0 Å². The molecule has 2 rings (SSSR count). The van der Waals surface area contributed by atoms with E-state index in [1.165, 1.54) is 0 Å². The minimum atomic E-state index is 0.0471. The number of rotatable bonds is 1. The first-order chi connectivity index (χ1) is 6.24. The Kier molecular flexibility index (Phi) is 2.02. The van der Waals surface area contributed by atoms with Crippen molar-refractivity contribution in [3.63, 3.8) is 0 Å². The fourth-order valence-corrected chi connectivity index (χ4v) is 1.93. The Morgan fingerprint density at radius 2 is 2.23 bits per heavy atom. The van der Waals surface area contributed by atoms with Crippen LogP contribution in [0.1, 0.15) is 5.56 Å². The Morgan fingerprint density at radius 1 is 1.46 bits per heavy atom. The summed E-state index contributed by atoms with van der Waals surface area (Å²) in [5.41, 5.74) is 1.92. The van der Waals surface area contributed by atoms with Gasteiger partial charge < -0.3 is 9.67 Å². The van der Waals surface area contributed by atoms with Gasteiger partial charge in [-0.2, -0.15) is 0 Å². The lowest BCUT2D eigenvalue weighted by atomic mass is 10.1. The molecule has 0 saturated heterocycles. The highest BCUT2D eigenvalue weighted by Gasteiger charge is 2.07. The summed E-state index contributed by atoms with van der Waals surface area (Å²) in [6.07, 6.45) is 1.85. The van der Waals surface area contributed by atoms with Crippen LogP contribution in [0.15, 0.2) is 24.4 Å². The number of aryl methyl sites for hydroxylation is 1. The number of fused-ring (bicyclic) bond motifs is 1. The first-order valence-electron chi connectivity index (χ1n) is 4.07. The number of para-hydroxylation sites is 1. The largest absolute Gasteiger partial charge is 0.392 e. The molecule has 1 heterocycles. The van der Waals surface area contributed by atoms with Crippen LogP contribution in [0.2, 0.25) is 5.02 Å². The summed E-state index contributed by atoms with van der Waals surface area (Å²) in [6, 6.07) is 5.76. The zero-order chi connectivity index (χ0) is 9.42. The molecule has 0 fully saturated rings. The molecule has 0 atom stereocenters. The first-order valence-corrected chi connectivity index (χ1v) is 4.45. The fraction of sp³-hybridized carbons (Fsp3) is 0.200. The van der Waals surface area contributed by atoms with Crippen molar-refractivity contribution in [3.05, 3.63) is 35.0 Å². The molecule has 0 aliphatic rings. The second-order valence-electron chi connectivity index (χ2n) is 3.06. The van der Waals surface area contributed by atoms with E-state index in [0.29, 0.717) is 0 Å². The van der Waals surface area contributed by atoms with Gasteiger partial charge in [-0.25, -0.2) is 0 Å². The highest BCUT2D eigenvalue weighted by molar-refractivity contribution is 6.35. The van der Waals surface area contributed by atoms with E-state index in [4.69, 9.17) is 16.7 Å². The van der Waals surface area contributed by atoms with Gasteiger partial charge in [0.25, 0.3) is 0 Å². The van der Waals surface area contributed by atoms with Gasteiger partial charge in [0.15, 0.2) is 0 Å². The van der Waals surface area contributed by atoms with Gasteiger partial charge in [-0.3, -0.25) is 0 Å². The summed E-state index contributed by atoms with van der Waals surface area (Å²) in [7, 11) is 1.92. The zero-order valence-electron chi connectivity index (χ0n) is 7.29. The van der Waals surface area contributed by atoms with E-state index >= 15 is 0 Å². The average molecular weight is 196 g/mol. The number of benzene rings is 1. The van der Waals surface area contributed by atoms with E-state index in [1.54, 1.807) is 0 Å². The molecule has 1 aromatic heterocycles. The minimum Gasteiger partial charge on any atom is -0.392 e. The lowest BCUT2D eigenvalue weighted by Crippen LogP contribution is -1.90. The Labute approximate surface area is 81.4 Å². The Balaban J connectivity index is 2.88. The molecule has 1 aromatic carbocycles. The Hall–Kier alpha value is -0.990. The van der Waals surface area contributed by atoms with Crippen molar-refractivity contribution in [1.29, 1.82) is 0 Å². The minimum absolute atomic E-state index is 0.0471. The Morgan fingerprint density at radius 3 is 2.92 bits per heavy atom. The maximum Gasteiger partial charge on any atom is 0.0702 e. The molecule has 0 amide bonds. The molecule has 68 valence electrons. The van der Waals surface area contributed by atoms with Crippen molar-refractivity contribution in [2.24, 2.45) is 7.05 Å². The van der Waals surface area contributed by atoms with E-state index in [0.717, 1.165) is 21.5 Å². The highest BCUT2D eigenvalue weighted by atomic mass is 35.5. The van der Waals surface area contributed by atoms with Gasteiger partial charge in [-0.15, -0.1) is 0 Å². The SMILES string of the molecule is Cn1cc(Cl)c2cccc(CO)c21. The molecular weight excluding hydrogens is 186 g/mol. The first kappa shape index (κ1) is 8.60. The molecule has 2 nitrogen and oxygen atoms in total. The van der Waals surface area contributed by atoms with Crippen LogP contribution in [0.4, 0.5) is 0 Å². The number of aromatic nitrogens is 1. The smallest absolute Gasteiger partial charge is 0.0702 e. The Bertz CT molecular complexity index is 447. The zero-order valence-corrected chi connectivity index (χ0v) is 8.04. The van der Waals surface area contributed by atoms with E-state index < -0.39 is 0 Å². The topological polar surface area (TPSA) is 25.2 Å². The quantitative estimate of drug-likeness (QED) is 0.743. The lowest BCUT2D eigenvalue weighted by Gasteiger charge is -2.01. The summed E-state index contributed by atoms with van der Waals surface area (Å²) < 4.78 is 1.93. The number of aliphatic hydroxyl groups excluding tert-OH is 1. The number of hydrogen-bond acceptors (Lipinski definition) is 1. The molecule has 3 heteroatoms. The molecular formula is C10H10ClNO. The third kappa shape index (κ3) is 1.23. The highest BCUT2D eigenvalue weighted by Crippen LogP contribution is 2.27. The van der Waals surface area contributed by atoms with E-state index in [2.05, 4.69) is 0 Å². The van der Waals surface area contributed by atoms with E-state index in [-0.39, 0.29) is 6.61 Å². The third-order valence-corrected chi connectivity index (χ3v) is 2.51. The molecule has 2 aromatic rings. The molecule has 13 heavy (non-hydrogen) atoms. The maximum absolute atomic E-state index is 9.11. The van der Waals surface area contributed by atoms with Crippen LogP contribution in [0, 0.1) is 0 Å². The molecule has 0 saturated carbocycles. The summed E-state index contributed by atoms with van der Waals surface area (Å²) >= 11 is 6.00. The van der Waals surface area contributed by atoms with Crippen LogP contribution in [-0.2, 0) is 13.7 Å². The summed E-state index contributed by atoms with van der Waals surface area (Å²) in [6.45, 7) is 0.0471.